The van der Waals surface area contributed by atoms with Gasteiger partial charge in [0, 0.05) is 5.02 Å². The minimum absolute atomic E-state index is 0.157. The highest BCUT2D eigenvalue weighted by molar-refractivity contribution is 7.95. The number of hydrogen-bond donors (Lipinski definition) is 2. The Morgan fingerprint density at radius 1 is 1.04 bits per heavy atom. The van der Waals surface area contributed by atoms with Crippen molar-refractivity contribution < 1.29 is 16.8 Å². The first-order valence-corrected chi connectivity index (χ1v) is 10.6. The Hall–Kier alpha value is -1.87. The van der Waals surface area contributed by atoms with Gasteiger partial charge in [-0.05, 0) is 60.9 Å². The predicted molar refractivity (Wildman–Crippen MR) is 100 cm³/mol. The van der Waals surface area contributed by atoms with Crippen LogP contribution in [0.2, 0.25) is 5.02 Å². The summed E-state index contributed by atoms with van der Waals surface area (Å²) in [6, 6.07) is 9.23. The summed E-state index contributed by atoms with van der Waals surface area (Å²) in [7, 11) is -7.79. The lowest BCUT2D eigenvalue weighted by molar-refractivity contribution is 0.597. The van der Waals surface area contributed by atoms with Crippen LogP contribution in [0, 0.1) is 13.8 Å². The number of anilines is 1. The minimum atomic E-state index is -3.94. The van der Waals surface area contributed by atoms with Crippen molar-refractivity contribution in [2.45, 2.75) is 18.7 Å². The van der Waals surface area contributed by atoms with Gasteiger partial charge in [0.25, 0.3) is 10.0 Å². The Labute approximate surface area is 152 Å². The van der Waals surface area contributed by atoms with E-state index in [1.165, 1.54) is 18.2 Å². The van der Waals surface area contributed by atoms with Crippen molar-refractivity contribution in [3.05, 3.63) is 63.5 Å². The molecule has 0 amide bonds. The molecule has 2 rings (SSSR count). The van der Waals surface area contributed by atoms with Gasteiger partial charge in [-0.1, -0.05) is 23.7 Å². The highest BCUT2D eigenvalue weighted by atomic mass is 35.5. The van der Waals surface area contributed by atoms with Crippen molar-refractivity contribution in [3.63, 3.8) is 0 Å². The molecule has 2 aromatic rings. The maximum Gasteiger partial charge on any atom is 0.255 e. The van der Waals surface area contributed by atoms with Gasteiger partial charge in [-0.15, -0.1) is 0 Å². The van der Waals surface area contributed by atoms with Crippen LogP contribution in [0.3, 0.4) is 0 Å². The molecule has 0 unspecified atom stereocenters. The molecule has 0 heterocycles. The topological polar surface area (TPSA) is 106 Å². The quantitative estimate of drug-likeness (QED) is 0.804. The second-order valence-electron chi connectivity index (χ2n) is 5.46. The van der Waals surface area contributed by atoms with Crippen molar-refractivity contribution in [1.29, 1.82) is 0 Å². The smallest absolute Gasteiger partial charge is 0.255 e. The number of sulfonamides is 2. The average molecular weight is 401 g/mol. The molecule has 0 fully saturated rings. The molecule has 0 aliphatic rings. The molecular weight excluding hydrogens is 384 g/mol. The van der Waals surface area contributed by atoms with Crippen molar-refractivity contribution >= 4 is 43.4 Å². The molecule has 0 radical (unpaired) electrons. The van der Waals surface area contributed by atoms with Crippen LogP contribution >= 0.6 is 11.6 Å². The largest absolute Gasteiger partial charge is 0.280 e. The van der Waals surface area contributed by atoms with Crippen LogP contribution in [0.15, 0.2) is 46.7 Å². The summed E-state index contributed by atoms with van der Waals surface area (Å²) in [5.74, 6) is 0. The number of hydrogen-bond acceptors (Lipinski definition) is 4. The zero-order chi connectivity index (χ0) is 18.8. The average Bonchev–Trinajstić information content (AvgIpc) is 2.50. The van der Waals surface area contributed by atoms with Crippen LogP contribution in [0.25, 0.3) is 6.08 Å². The van der Waals surface area contributed by atoms with E-state index in [1.807, 2.05) is 0 Å². The van der Waals surface area contributed by atoms with E-state index in [0.717, 1.165) is 5.41 Å². The first-order valence-electron chi connectivity index (χ1n) is 7.08. The van der Waals surface area contributed by atoms with Gasteiger partial charge in [0.1, 0.15) is 0 Å². The Morgan fingerprint density at radius 2 is 1.64 bits per heavy atom. The maximum absolute atomic E-state index is 12.3. The third-order valence-corrected chi connectivity index (χ3v) is 5.67. The zero-order valence-corrected chi connectivity index (χ0v) is 15.9. The van der Waals surface area contributed by atoms with Crippen LogP contribution in [0.5, 0.6) is 0 Å². The summed E-state index contributed by atoms with van der Waals surface area (Å²) in [6.45, 7) is 3.36. The summed E-state index contributed by atoms with van der Waals surface area (Å²) >= 11 is 5.78. The highest BCUT2D eigenvalue weighted by Crippen LogP contribution is 2.25. The van der Waals surface area contributed by atoms with Gasteiger partial charge in [0.15, 0.2) is 0 Å². The summed E-state index contributed by atoms with van der Waals surface area (Å²) < 4.78 is 49.9. The molecule has 0 saturated carbocycles. The van der Waals surface area contributed by atoms with E-state index in [9.17, 15) is 16.8 Å². The van der Waals surface area contributed by atoms with E-state index < -0.39 is 20.0 Å². The minimum Gasteiger partial charge on any atom is -0.280 e. The van der Waals surface area contributed by atoms with Crippen LogP contribution in [0.4, 0.5) is 5.69 Å². The van der Waals surface area contributed by atoms with Crippen molar-refractivity contribution in [3.8, 4) is 0 Å². The Morgan fingerprint density at radius 3 is 2.20 bits per heavy atom. The number of nitrogens with one attached hydrogen (secondary N) is 1. The molecule has 0 bridgehead atoms. The number of nitrogens with two attached hydrogens (primary N) is 1. The van der Waals surface area contributed by atoms with E-state index in [0.29, 0.717) is 21.7 Å². The molecule has 0 aromatic heterocycles. The van der Waals surface area contributed by atoms with Gasteiger partial charge in [0.05, 0.1) is 16.0 Å². The maximum atomic E-state index is 12.3. The lowest BCUT2D eigenvalue weighted by Gasteiger charge is -2.12. The Bertz CT molecular complexity index is 1030. The molecule has 3 N–H and O–H groups in total. The van der Waals surface area contributed by atoms with Gasteiger partial charge in [0.2, 0.25) is 10.0 Å². The Kier molecular flexibility index (Phi) is 5.58. The van der Waals surface area contributed by atoms with Gasteiger partial charge in [-0.25, -0.2) is 22.0 Å². The second-order valence-corrected chi connectivity index (χ2v) is 9.02. The number of rotatable bonds is 5. The van der Waals surface area contributed by atoms with Gasteiger partial charge in [-0.2, -0.15) is 0 Å². The molecule has 0 spiro atoms. The lowest BCUT2D eigenvalue weighted by atomic mass is 10.1. The molecule has 134 valence electrons. The molecule has 0 aliphatic heterocycles. The highest BCUT2D eigenvalue weighted by Gasteiger charge is 2.15. The fourth-order valence-electron chi connectivity index (χ4n) is 2.03. The number of benzene rings is 2. The third kappa shape index (κ3) is 5.30. The van der Waals surface area contributed by atoms with Crippen LogP contribution in [-0.4, -0.2) is 16.8 Å². The van der Waals surface area contributed by atoms with E-state index in [1.54, 1.807) is 38.1 Å². The van der Waals surface area contributed by atoms with Crippen LogP contribution < -0.4 is 9.86 Å². The predicted octanol–water partition coefficient (Wildman–Crippen LogP) is 3.02. The summed E-state index contributed by atoms with van der Waals surface area (Å²) in [4.78, 5) is -0.157. The molecule has 9 heteroatoms. The molecule has 25 heavy (non-hydrogen) atoms. The number of halogens is 1. The number of aryl methyl sites for hydroxylation is 1. The SMILES string of the molecule is Cc1cc(S(N)(=O)=O)cc(NS(=O)(=O)/C=C/c2ccc(Cl)cc2)c1C. The fourth-order valence-corrected chi connectivity index (χ4v) is 3.70. The van der Waals surface area contributed by atoms with Crippen molar-refractivity contribution in [1.82, 2.24) is 0 Å². The lowest BCUT2D eigenvalue weighted by Crippen LogP contribution is -2.15. The summed E-state index contributed by atoms with van der Waals surface area (Å²) in [5, 5.41) is 6.67. The first kappa shape index (κ1) is 19.5. The molecule has 0 saturated heterocycles. The van der Waals surface area contributed by atoms with E-state index in [-0.39, 0.29) is 10.6 Å². The normalized spacial score (nSPS) is 12.5. The van der Waals surface area contributed by atoms with E-state index in [4.69, 9.17) is 16.7 Å². The molecular formula is C16H17ClN2O4S2. The second kappa shape index (κ2) is 7.17. The van der Waals surface area contributed by atoms with Gasteiger partial charge >= 0.3 is 0 Å². The van der Waals surface area contributed by atoms with Gasteiger partial charge in [-0.3, -0.25) is 4.72 Å². The fraction of sp³-hybridized carbons (Fsp3) is 0.125. The van der Waals surface area contributed by atoms with E-state index in [2.05, 4.69) is 4.72 Å². The Balaban J connectivity index is 2.34. The molecule has 6 nitrogen and oxygen atoms in total. The summed E-state index contributed by atoms with van der Waals surface area (Å²) in [6.07, 6.45) is 1.41. The number of primary sulfonamides is 1. The van der Waals surface area contributed by atoms with Crippen LogP contribution in [0.1, 0.15) is 16.7 Å². The van der Waals surface area contributed by atoms with Crippen molar-refractivity contribution in [2.24, 2.45) is 5.14 Å². The zero-order valence-electron chi connectivity index (χ0n) is 13.5. The molecule has 2 aromatic carbocycles. The van der Waals surface area contributed by atoms with Crippen LogP contribution in [-0.2, 0) is 20.0 Å². The first-order chi connectivity index (χ1) is 11.5. The standard InChI is InChI=1S/C16H17ClN2O4S2/c1-11-9-15(25(18,22)23)10-16(12(11)2)19-24(20,21)8-7-13-3-5-14(17)6-4-13/h3-10,19H,1-2H3,(H2,18,22,23)/b8-7+. The monoisotopic (exact) mass is 400 g/mol. The van der Waals surface area contributed by atoms with Gasteiger partial charge < -0.3 is 0 Å². The summed E-state index contributed by atoms with van der Waals surface area (Å²) in [5.41, 5.74) is 2.02. The third-order valence-electron chi connectivity index (χ3n) is 3.53. The molecule has 0 atom stereocenters. The van der Waals surface area contributed by atoms with E-state index >= 15 is 0 Å². The molecule has 0 aliphatic carbocycles. The van der Waals surface area contributed by atoms with Crippen molar-refractivity contribution in [2.75, 3.05) is 4.72 Å².